The fraction of sp³-hybridized carbons (Fsp3) is 0.692. The molecule has 0 aromatic heterocycles. The van der Waals surface area contributed by atoms with Crippen LogP contribution in [0.15, 0.2) is 16.8 Å². The normalized spacial score (nSPS) is 27.1. The molecule has 0 radical (unpaired) electrons. The lowest BCUT2D eigenvalue weighted by atomic mass is 9.92. The Kier molecular flexibility index (Phi) is 6.60. The SMILES string of the molecule is CCC1=CC(N=C(N)N)C(NC(C)=O)C(C(O)C(O)CO)O1. The van der Waals surface area contributed by atoms with E-state index in [1.807, 2.05) is 6.92 Å². The lowest BCUT2D eigenvalue weighted by molar-refractivity contribution is -0.126. The Morgan fingerprint density at radius 3 is 2.59 bits per heavy atom. The van der Waals surface area contributed by atoms with Crippen molar-refractivity contribution in [3.8, 4) is 0 Å². The molecule has 1 aliphatic rings. The Balaban J connectivity index is 3.18. The minimum atomic E-state index is -1.42. The maximum absolute atomic E-state index is 11.4. The number of aliphatic imine (C=N–C) groups is 1. The third-order valence-electron chi connectivity index (χ3n) is 3.30. The predicted octanol–water partition coefficient (Wildman–Crippen LogP) is -2.46. The summed E-state index contributed by atoms with van der Waals surface area (Å²) < 4.78 is 5.62. The van der Waals surface area contributed by atoms with Gasteiger partial charge in [-0.25, -0.2) is 4.99 Å². The molecule has 9 nitrogen and oxygen atoms in total. The summed E-state index contributed by atoms with van der Waals surface area (Å²) in [5.74, 6) is -0.0240. The second kappa shape index (κ2) is 7.97. The van der Waals surface area contributed by atoms with Crippen LogP contribution in [-0.4, -0.2) is 64.2 Å². The predicted molar refractivity (Wildman–Crippen MR) is 79.5 cm³/mol. The van der Waals surface area contributed by atoms with E-state index in [1.54, 1.807) is 6.08 Å². The highest BCUT2D eigenvalue weighted by atomic mass is 16.5. The zero-order chi connectivity index (χ0) is 16.9. The fourth-order valence-corrected chi connectivity index (χ4v) is 2.28. The Morgan fingerprint density at radius 1 is 1.50 bits per heavy atom. The number of nitrogens with one attached hydrogen (secondary N) is 1. The van der Waals surface area contributed by atoms with E-state index in [0.717, 1.165) is 0 Å². The average Bonchev–Trinajstić information content (AvgIpc) is 2.46. The molecule has 5 atom stereocenters. The highest BCUT2D eigenvalue weighted by Crippen LogP contribution is 2.25. The third kappa shape index (κ3) is 4.58. The summed E-state index contributed by atoms with van der Waals surface area (Å²) in [5, 5.41) is 31.4. The van der Waals surface area contributed by atoms with Gasteiger partial charge in [0, 0.05) is 13.3 Å². The molecular weight excluding hydrogens is 292 g/mol. The minimum Gasteiger partial charge on any atom is -0.490 e. The van der Waals surface area contributed by atoms with Gasteiger partial charge in [0.25, 0.3) is 0 Å². The van der Waals surface area contributed by atoms with Crippen LogP contribution in [0, 0.1) is 0 Å². The molecule has 0 spiro atoms. The zero-order valence-corrected chi connectivity index (χ0v) is 12.6. The second-order valence-corrected chi connectivity index (χ2v) is 5.08. The molecule has 22 heavy (non-hydrogen) atoms. The Labute approximate surface area is 128 Å². The van der Waals surface area contributed by atoms with Crippen LogP contribution >= 0.6 is 0 Å². The van der Waals surface area contributed by atoms with Crippen LogP contribution in [0.5, 0.6) is 0 Å². The molecule has 1 aliphatic heterocycles. The molecule has 0 aliphatic carbocycles. The van der Waals surface area contributed by atoms with Gasteiger partial charge in [0.1, 0.15) is 18.3 Å². The monoisotopic (exact) mass is 316 g/mol. The van der Waals surface area contributed by atoms with Gasteiger partial charge in [-0.15, -0.1) is 0 Å². The molecule has 1 rings (SSSR count). The molecule has 0 saturated carbocycles. The van der Waals surface area contributed by atoms with Crippen molar-refractivity contribution in [3.05, 3.63) is 11.8 Å². The van der Waals surface area contributed by atoms with Gasteiger partial charge < -0.3 is 36.8 Å². The van der Waals surface area contributed by atoms with Gasteiger partial charge in [-0.2, -0.15) is 0 Å². The summed E-state index contributed by atoms with van der Waals surface area (Å²) >= 11 is 0. The third-order valence-corrected chi connectivity index (χ3v) is 3.30. The van der Waals surface area contributed by atoms with Gasteiger partial charge in [-0.3, -0.25) is 4.79 Å². The van der Waals surface area contributed by atoms with Crippen molar-refractivity contribution in [3.63, 3.8) is 0 Å². The second-order valence-electron chi connectivity index (χ2n) is 5.08. The molecule has 8 N–H and O–H groups in total. The summed E-state index contributed by atoms with van der Waals surface area (Å²) in [6, 6.07) is -1.44. The van der Waals surface area contributed by atoms with Crippen LogP contribution in [-0.2, 0) is 9.53 Å². The fourth-order valence-electron chi connectivity index (χ4n) is 2.28. The van der Waals surface area contributed by atoms with Gasteiger partial charge >= 0.3 is 0 Å². The number of ether oxygens (including phenoxy) is 1. The van der Waals surface area contributed by atoms with Gasteiger partial charge in [-0.05, 0) is 6.08 Å². The number of allylic oxidation sites excluding steroid dienone is 1. The summed E-state index contributed by atoms with van der Waals surface area (Å²) in [6.45, 7) is 2.49. The number of aliphatic hydroxyl groups is 3. The number of carbonyl (C=O) groups is 1. The Hall–Kier alpha value is -1.84. The maximum Gasteiger partial charge on any atom is 0.217 e. The number of amides is 1. The molecule has 0 fully saturated rings. The summed E-state index contributed by atoms with van der Waals surface area (Å²) in [6.07, 6.45) is -1.68. The topological polar surface area (TPSA) is 163 Å². The number of hydrogen-bond donors (Lipinski definition) is 6. The lowest BCUT2D eigenvalue weighted by Gasteiger charge is -2.39. The molecule has 1 heterocycles. The quantitative estimate of drug-likeness (QED) is 0.234. The highest BCUT2D eigenvalue weighted by molar-refractivity contribution is 5.76. The molecule has 0 aromatic carbocycles. The average molecular weight is 316 g/mol. The van der Waals surface area contributed by atoms with Crippen molar-refractivity contribution in [2.24, 2.45) is 16.5 Å². The Morgan fingerprint density at radius 2 is 2.14 bits per heavy atom. The maximum atomic E-state index is 11.4. The van der Waals surface area contributed by atoms with Crippen molar-refractivity contribution in [1.29, 1.82) is 0 Å². The molecule has 0 bridgehead atoms. The van der Waals surface area contributed by atoms with E-state index in [0.29, 0.717) is 12.2 Å². The first-order valence-corrected chi connectivity index (χ1v) is 7.00. The standard InChI is InChI=1S/C13H24N4O5/c1-3-7-4-8(17-13(14)15)10(16-6(2)19)12(22-7)11(21)9(20)5-18/h4,8-12,18,20-21H,3,5H2,1-2H3,(H,16,19)(H4,14,15,17). The van der Waals surface area contributed by atoms with E-state index in [4.69, 9.17) is 21.3 Å². The van der Waals surface area contributed by atoms with Gasteiger partial charge in [-0.1, -0.05) is 6.92 Å². The van der Waals surface area contributed by atoms with Crippen LogP contribution in [0.25, 0.3) is 0 Å². The van der Waals surface area contributed by atoms with E-state index in [-0.39, 0.29) is 11.9 Å². The number of nitrogens with zero attached hydrogens (tertiary/aromatic N) is 1. The van der Waals surface area contributed by atoms with E-state index in [9.17, 15) is 15.0 Å². The first-order chi connectivity index (χ1) is 10.3. The number of carbonyl (C=O) groups excluding carboxylic acids is 1. The molecule has 5 unspecified atom stereocenters. The van der Waals surface area contributed by atoms with Crippen LogP contribution in [0.4, 0.5) is 0 Å². The lowest BCUT2D eigenvalue weighted by Crippen LogP contribution is -2.59. The van der Waals surface area contributed by atoms with Gasteiger partial charge in [0.2, 0.25) is 5.91 Å². The van der Waals surface area contributed by atoms with Gasteiger partial charge in [0.15, 0.2) is 5.96 Å². The van der Waals surface area contributed by atoms with Gasteiger partial charge in [0.05, 0.1) is 24.4 Å². The van der Waals surface area contributed by atoms with Crippen LogP contribution < -0.4 is 16.8 Å². The van der Waals surface area contributed by atoms with E-state index in [2.05, 4.69) is 10.3 Å². The first-order valence-electron chi connectivity index (χ1n) is 7.00. The largest absolute Gasteiger partial charge is 0.490 e. The van der Waals surface area contributed by atoms with Crippen LogP contribution in [0.2, 0.25) is 0 Å². The van der Waals surface area contributed by atoms with Crippen LogP contribution in [0.1, 0.15) is 20.3 Å². The highest BCUT2D eigenvalue weighted by Gasteiger charge is 2.42. The molecule has 9 heteroatoms. The number of guanidine groups is 1. The number of aliphatic hydroxyl groups excluding tert-OH is 3. The van der Waals surface area contributed by atoms with E-state index >= 15 is 0 Å². The number of hydrogen-bond acceptors (Lipinski definition) is 6. The summed E-state index contributed by atoms with van der Waals surface area (Å²) in [4.78, 5) is 15.4. The van der Waals surface area contributed by atoms with Crippen LogP contribution in [0.3, 0.4) is 0 Å². The number of rotatable bonds is 6. The van der Waals surface area contributed by atoms with Crippen molar-refractivity contribution in [2.45, 2.75) is 50.7 Å². The minimum absolute atomic E-state index is 0.176. The smallest absolute Gasteiger partial charge is 0.217 e. The van der Waals surface area contributed by atoms with Crippen molar-refractivity contribution in [1.82, 2.24) is 5.32 Å². The summed E-state index contributed by atoms with van der Waals surface area (Å²) in [5.41, 5.74) is 10.8. The molecule has 0 aromatic rings. The van der Waals surface area contributed by atoms with E-state index < -0.39 is 37.0 Å². The molecule has 126 valence electrons. The number of nitrogens with two attached hydrogens (primary N) is 2. The summed E-state index contributed by atoms with van der Waals surface area (Å²) in [7, 11) is 0. The Bertz CT molecular complexity index is 450. The zero-order valence-electron chi connectivity index (χ0n) is 12.6. The molecule has 0 saturated heterocycles. The van der Waals surface area contributed by atoms with Crippen molar-refractivity contribution in [2.75, 3.05) is 6.61 Å². The van der Waals surface area contributed by atoms with Crippen molar-refractivity contribution < 1.29 is 24.9 Å². The van der Waals surface area contributed by atoms with E-state index in [1.165, 1.54) is 6.92 Å². The molecule has 1 amide bonds. The first kappa shape index (κ1) is 18.2. The van der Waals surface area contributed by atoms with Crippen molar-refractivity contribution >= 4 is 11.9 Å². The molecular formula is C13H24N4O5.